The van der Waals surface area contributed by atoms with Crippen LogP contribution in [-0.4, -0.2) is 6.66 Å². The van der Waals surface area contributed by atoms with E-state index >= 15 is 0 Å². The Hall–Kier alpha value is 0.0800. The van der Waals surface area contributed by atoms with Gasteiger partial charge in [-0.05, 0) is 0 Å². The molecule has 1 aromatic rings. The van der Waals surface area contributed by atoms with Crippen LogP contribution in [-0.2, 0) is 0 Å². The van der Waals surface area contributed by atoms with Crippen LogP contribution in [0.4, 0.5) is 0 Å². The molecule has 1 unspecified atom stereocenters. The molecule has 0 fully saturated rings. The Labute approximate surface area is 60.0 Å². The minimum atomic E-state index is 1.31. The fourth-order valence-corrected chi connectivity index (χ4v) is 1.85. The normalized spacial score (nSPS) is 10.9. The van der Waals surface area contributed by atoms with Crippen molar-refractivity contribution in [2.75, 3.05) is 6.66 Å². The minimum Gasteiger partial charge on any atom is -0.509 e. The van der Waals surface area contributed by atoms with Crippen molar-refractivity contribution < 1.29 is 0 Å². The van der Waals surface area contributed by atoms with Crippen molar-refractivity contribution in [1.29, 1.82) is 0 Å². The fraction of sp³-hybridized carbons (Fsp3) is 0.143. The van der Waals surface area contributed by atoms with Crippen molar-refractivity contribution in [3.63, 3.8) is 0 Å². The summed E-state index contributed by atoms with van der Waals surface area (Å²) >= 11 is 0. The van der Waals surface area contributed by atoms with Crippen LogP contribution >= 0.6 is 17.8 Å². The van der Waals surface area contributed by atoms with Crippen LogP contribution in [0.5, 0.6) is 0 Å². The van der Waals surface area contributed by atoms with Gasteiger partial charge in [0.2, 0.25) is 0 Å². The molecule has 0 aliphatic carbocycles. The maximum Gasteiger partial charge on any atom is -0.0573 e. The van der Waals surface area contributed by atoms with E-state index in [2.05, 4.69) is 40.2 Å². The van der Waals surface area contributed by atoms with Gasteiger partial charge >= 0.3 is 0 Å². The van der Waals surface area contributed by atoms with Crippen LogP contribution < -0.4 is 10.6 Å². The zero-order valence-corrected chi connectivity index (χ0v) is 7.38. The minimum absolute atomic E-state index is 1.31. The van der Waals surface area contributed by atoms with Crippen molar-refractivity contribution >= 4 is 28.4 Å². The number of benzene rings is 1. The Kier molecular flexibility index (Phi) is 2.64. The van der Waals surface area contributed by atoms with Crippen LogP contribution in [0.25, 0.3) is 0 Å². The standard InChI is InChI=1S/C7H9P2/c1-9-7-5-3-2-4-6(7)8/h2-5H,8H2,1H3/q-1. The highest BCUT2D eigenvalue weighted by atomic mass is 31.1. The molecule has 0 amide bonds. The molecule has 9 heavy (non-hydrogen) atoms. The smallest absolute Gasteiger partial charge is 0.0573 e. The van der Waals surface area contributed by atoms with Gasteiger partial charge in [0.1, 0.15) is 0 Å². The predicted molar refractivity (Wildman–Crippen MR) is 48.3 cm³/mol. The SMILES string of the molecule is C[P-]c1ccccc1P. The molecule has 0 aliphatic rings. The quantitative estimate of drug-likeness (QED) is 0.537. The lowest BCUT2D eigenvalue weighted by molar-refractivity contribution is 1.83. The summed E-state index contributed by atoms with van der Waals surface area (Å²) in [6.45, 7) is 2.14. The maximum absolute atomic E-state index is 2.72. The molecule has 0 N–H and O–H groups in total. The summed E-state index contributed by atoms with van der Waals surface area (Å²) in [4.78, 5) is 0. The van der Waals surface area contributed by atoms with Gasteiger partial charge < -0.3 is 8.58 Å². The first-order valence-electron chi connectivity index (χ1n) is 2.79. The van der Waals surface area contributed by atoms with Gasteiger partial charge in [0.25, 0.3) is 0 Å². The van der Waals surface area contributed by atoms with Crippen LogP contribution in [0, 0.1) is 0 Å². The van der Waals surface area contributed by atoms with Gasteiger partial charge in [-0.1, -0.05) is 29.6 Å². The average Bonchev–Trinajstić information content (AvgIpc) is 1.89. The second-order valence-electron chi connectivity index (χ2n) is 1.78. The summed E-state index contributed by atoms with van der Waals surface area (Å²) in [5.41, 5.74) is 0. The maximum atomic E-state index is 2.72. The Bertz CT molecular complexity index is 196. The van der Waals surface area contributed by atoms with Crippen LogP contribution in [0.15, 0.2) is 24.3 Å². The van der Waals surface area contributed by atoms with Gasteiger partial charge in [-0.15, -0.1) is 9.24 Å². The van der Waals surface area contributed by atoms with E-state index in [4.69, 9.17) is 0 Å². The molecule has 0 radical (unpaired) electrons. The largest absolute Gasteiger partial charge is 0.509 e. The molecule has 0 aliphatic heterocycles. The van der Waals surface area contributed by atoms with Gasteiger partial charge in [0.05, 0.1) is 0 Å². The van der Waals surface area contributed by atoms with Crippen molar-refractivity contribution in [1.82, 2.24) is 0 Å². The van der Waals surface area contributed by atoms with Crippen LogP contribution in [0.2, 0.25) is 0 Å². The van der Waals surface area contributed by atoms with Gasteiger partial charge in [-0.2, -0.15) is 12.0 Å². The van der Waals surface area contributed by atoms with Crippen LogP contribution in [0.3, 0.4) is 0 Å². The zero-order valence-electron chi connectivity index (χ0n) is 5.33. The third-order valence-electron chi connectivity index (χ3n) is 1.18. The first kappa shape index (κ1) is 7.19. The molecule has 1 aromatic carbocycles. The molecule has 1 rings (SSSR count). The van der Waals surface area contributed by atoms with E-state index in [0.29, 0.717) is 0 Å². The molecule has 0 saturated heterocycles. The molecule has 48 valence electrons. The lowest BCUT2D eigenvalue weighted by Crippen LogP contribution is -2.10. The lowest BCUT2D eigenvalue weighted by Gasteiger charge is -2.13. The third kappa shape index (κ3) is 1.75. The predicted octanol–water partition coefficient (Wildman–Crippen LogP) is 1.39. The molecule has 0 heterocycles. The van der Waals surface area contributed by atoms with Crippen molar-refractivity contribution in [2.24, 2.45) is 0 Å². The Balaban J connectivity index is 3.01. The van der Waals surface area contributed by atoms with E-state index in [-0.39, 0.29) is 0 Å². The molecule has 0 spiro atoms. The van der Waals surface area contributed by atoms with Gasteiger partial charge in [0, 0.05) is 0 Å². The highest BCUT2D eigenvalue weighted by Crippen LogP contribution is 2.02. The zero-order chi connectivity index (χ0) is 6.69. The highest BCUT2D eigenvalue weighted by Gasteiger charge is 1.79. The molecule has 1 atom stereocenters. The molecule has 0 nitrogen and oxygen atoms in total. The Morgan fingerprint density at radius 2 is 2.00 bits per heavy atom. The van der Waals surface area contributed by atoms with E-state index < -0.39 is 0 Å². The molecular weight excluding hydrogens is 146 g/mol. The summed E-state index contributed by atoms with van der Waals surface area (Å²) in [5.74, 6) is 0. The molecule has 0 saturated carbocycles. The van der Waals surface area contributed by atoms with Crippen molar-refractivity contribution in [2.45, 2.75) is 0 Å². The molecule has 2 heteroatoms. The second-order valence-corrected chi connectivity index (χ2v) is 3.33. The van der Waals surface area contributed by atoms with E-state index in [9.17, 15) is 0 Å². The Morgan fingerprint density at radius 3 is 2.44 bits per heavy atom. The third-order valence-corrected chi connectivity index (χ3v) is 2.81. The van der Waals surface area contributed by atoms with E-state index in [1.807, 2.05) is 0 Å². The number of hydrogen-bond donors (Lipinski definition) is 0. The summed E-state index contributed by atoms with van der Waals surface area (Å²) in [6, 6.07) is 8.37. The summed E-state index contributed by atoms with van der Waals surface area (Å²) < 4.78 is 0. The van der Waals surface area contributed by atoms with Crippen LogP contribution in [0.1, 0.15) is 0 Å². The van der Waals surface area contributed by atoms with Gasteiger partial charge in [0.15, 0.2) is 0 Å². The number of hydrogen-bond acceptors (Lipinski definition) is 0. The summed E-state index contributed by atoms with van der Waals surface area (Å²) in [5, 5.41) is 2.70. The van der Waals surface area contributed by atoms with Crippen molar-refractivity contribution in [3.8, 4) is 0 Å². The van der Waals surface area contributed by atoms with Gasteiger partial charge in [-0.25, -0.2) is 0 Å². The molecule has 0 aromatic heterocycles. The fourth-order valence-electron chi connectivity index (χ4n) is 0.691. The van der Waals surface area contributed by atoms with E-state index in [1.165, 1.54) is 19.2 Å². The molecule has 0 bridgehead atoms. The highest BCUT2D eigenvalue weighted by molar-refractivity contribution is 7.49. The van der Waals surface area contributed by atoms with E-state index in [0.717, 1.165) is 0 Å². The molecular formula is C7H9P2-. The van der Waals surface area contributed by atoms with E-state index in [1.54, 1.807) is 0 Å². The summed E-state index contributed by atoms with van der Waals surface area (Å²) in [6.07, 6.45) is 0. The van der Waals surface area contributed by atoms with Gasteiger partial charge in [-0.3, -0.25) is 0 Å². The average molecular weight is 155 g/mol. The number of rotatable bonds is 1. The topological polar surface area (TPSA) is 0 Å². The monoisotopic (exact) mass is 155 g/mol. The second kappa shape index (κ2) is 3.30. The summed E-state index contributed by atoms with van der Waals surface area (Å²) in [7, 11) is 4.07. The first-order valence-corrected chi connectivity index (χ1v) is 4.71. The first-order chi connectivity index (χ1) is 4.34. The lowest BCUT2D eigenvalue weighted by atomic mass is 10.4. The Morgan fingerprint density at radius 1 is 1.33 bits per heavy atom. The van der Waals surface area contributed by atoms with Crippen molar-refractivity contribution in [3.05, 3.63) is 24.3 Å².